The summed E-state index contributed by atoms with van der Waals surface area (Å²) in [7, 11) is 1.60. The van der Waals surface area contributed by atoms with Crippen LogP contribution in [0.4, 0.5) is 0 Å². The number of benzene rings is 3. The van der Waals surface area contributed by atoms with E-state index >= 15 is 0 Å². The minimum absolute atomic E-state index is 0.0252. The van der Waals surface area contributed by atoms with Crippen LogP contribution in [0.25, 0.3) is 17.2 Å². The first-order valence-corrected chi connectivity index (χ1v) is 13.0. The van der Waals surface area contributed by atoms with Gasteiger partial charge in [-0.15, -0.1) is 0 Å². The molecule has 0 aliphatic carbocycles. The predicted molar refractivity (Wildman–Crippen MR) is 152 cm³/mol. The van der Waals surface area contributed by atoms with Gasteiger partial charge in [0, 0.05) is 23.2 Å². The van der Waals surface area contributed by atoms with Crippen LogP contribution in [0.2, 0.25) is 0 Å². The van der Waals surface area contributed by atoms with E-state index in [1.54, 1.807) is 45.2 Å². The molecule has 3 aromatic carbocycles. The Hall–Kier alpha value is -3.90. The number of nitrogens with one attached hydrogen (secondary N) is 1. The monoisotopic (exact) mass is 515 g/mol. The van der Waals surface area contributed by atoms with Gasteiger partial charge in [-0.05, 0) is 79.4 Å². The van der Waals surface area contributed by atoms with Crippen molar-refractivity contribution < 1.29 is 23.8 Å². The average Bonchev–Trinajstić information content (AvgIpc) is 2.93. The second-order valence-electron chi connectivity index (χ2n) is 8.96. The SMILES string of the molecule is CCCCOc1cc(/C=C(\C)C(=O)OCC)ccc1-c1cccc(CNCC(=O)c2ccc(OC)cc2)c1. The molecule has 0 aromatic heterocycles. The number of ketones is 1. The molecule has 0 aliphatic heterocycles. The zero-order chi connectivity index (χ0) is 27.3. The lowest BCUT2D eigenvalue weighted by Crippen LogP contribution is -2.22. The molecular formula is C32H37NO5. The van der Waals surface area contributed by atoms with Gasteiger partial charge in [0.15, 0.2) is 5.78 Å². The van der Waals surface area contributed by atoms with Crippen LogP contribution < -0.4 is 14.8 Å². The summed E-state index contributed by atoms with van der Waals surface area (Å²) in [5.41, 5.74) is 5.12. The third-order valence-corrected chi connectivity index (χ3v) is 6.01. The van der Waals surface area contributed by atoms with E-state index in [1.807, 2.05) is 42.5 Å². The van der Waals surface area contributed by atoms with Gasteiger partial charge in [0.2, 0.25) is 0 Å². The molecule has 0 amide bonds. The highest BCUT2D eigenvalue weighted by Crippen LogP contribution is 2.32. The summed E-state index contributed by atoms with van der Waals surface area (Å²) in [6, 6.07) is 21.3. The van der Waals surface area contributed by atoms with Crippen molar-refractivity contribution in [3.8, 4) is 22.6 Å². The minimum atomic E-state index is -0.323. The standard InChI is InChI=1S/C32H37NO5/c1-5-7-17-38-31-20-24(18-23(3)32(35)37-6-2)11-16-29(31)27-10-8-9-25(19-27)21-33-22-30(34)26-12-14-28(36-4)15-13-26/h8-16,18-20,33H,5-7,17,21-22H2,1-4H3/b23-18+. The van der Waals surface area contributed by atoms with Crippen molar-refractivity contribution in [1.29, 1.82) is 0 Å². The Balaban J connectivity index is 1.74. The lowest BCUT2D eigenvalue weighted by Gasteiger charge is -2.14. The van der Waals surface area contributed by atoms with Gasteiger partial charge >= 0.3 is 5.97 Å². The highest BCUT2D eigenvalue weighted by Gasteiger charge is 2.11. The van der Waals surface area contributed by atoms with Gasteiger partial charge in [0.1, 0.15) is 11.5 Å². The van der Waals surface area contributed by atoms with Crippen LogP contribution in [0.1, 0.15) is 55.1 Å². The summed E-state index contributed by atoms with van der Waals surface area (Å²) < 4.78 is 16.4. The molecule has 0 heterocycles. The Morgan fingerprint density at radius 3 is 2.47 bits per heavy atom. The smallest absolute Gasteiger partial charge is 0.333 e. The van der Waals surface area contributed by atoms with E-state index in [0.29, 0.717) is 30.9 Å². The fourth-order valence-electron chi connectivity index (χ4n) is 3.92. The second kappa shape index (κ2) is 14.7. The normalized spacial score (nSPS) is 11.2. The van der Waals surface area contributed by atoms with Gasteiger partial charge in [-0.25, -0.2) is 4.79 Å². The van der Waals surface area contributed by atoms with Crippen molar-refractivity contribution in [2.45, 2.75) is 40.2 Å². The van der Waals surface area contributed by atoms with Crippen LogP contribution in [0, 0.1) is 0 Å². The summed E-state index contributed by atoms with van der Waals surface area (Å²) in [5.74, 6) is 1.19. The van der Waals surface area contributed by atoms with Crippen LogP contribution in [0.3, 0.4) is 0 Å². The minimum Gasteiger partial charge on any atom is -0.497 e. The molecule has 0 unspecified atom stereocenters. The molecule has 1 N–H and O–H groups in total. The summed E-state index contributed by atoms with van der Waals surface area (Å²) in [6.45, 7) is 7.42. The van der Waals surface area contributed by atoms with Crippen molar-refractivity contribution in [3.05, 3.63) is 89.0 Å². The third-order valence-electron chi connectivity index (χ3n) is 6.01. The van der Waals surface area contributed by atoms with Crippen molar-refractivity contribution in [2.75, 3.05) is 26.9 Å². The van der Waals surface area contributed by atoms with Crippen LogP contribution in [0.15, 0.2) is 72.3 Å². The first-order valence-electron chi connectivity index (χ1n) is 13.0. The number of unbranched alkanes of at least 4 members (excludes halogenated alkanes) is 1. The van der Waals surface area contributed by atoms with Crippen molar-refractivity contribution >= 4 is 17.8 Å². The van der Waals surface area contributed by atoms with E-state index < -0.39 is 0 Å². The highest BCUT2D eigenvalue weighted by molar-refractivity contribution is 5.97. The molecule has 0 bridgehead atoms. The van der Waals surface area contributed by atoms with E-state index in [2.05, 4.69) is 18.3 Å². The number of carbonyl (C=O) groups excluding carboxylic acids is 2. The first kappa shape index (κ1) is 28.7. The Morgan fingerprint density at radius 1 is 0.974 bits per heavy atom. The third kappa shape index (κ3) is 8.32. The number of hydrogen-bond acceptors (Lipinski definition) is 6. The molecule has 0 spiro atoms. The molecule has 0 radical (unpaired) electrons. The Labute approximate surface area is 225 Å². The largest absolute Gasteiger partial charge is 0.497 e. The summed E-state index contributed by atoms with van der Waals surface area (Å²) in [5, 5.41) is 3.25. The van der Waals surface area contributed by atoms with Gasteiger partial charge < -0.3 is 19.5 Å². The fraction of sp³-hybridized carbons (Fsp3) is 0.312. The van der Waals surface area contributed by atoms with E-state index in [1.165, 1.54) is 0 Å². The number of carbonyl (C=O) groups is 2. The topological polar surface area (TPSA) is 73.9 Å². The highest BCUT2D eigenvalue weighted by atomic mass is 16.5. The number of Topliss-reactive ketones (excluding diaryl/α,β-unsaturated/α-hetero) is 1. The van der Waals surface area contributed by atoms with Gasteiger partial charge in [0.05, 0.1) is 26.9 Å². The van der Waals surface area contributed by atoms with E-state index in [9.17, 15) is 9.59 Å². The zero-order valence-electron chi connectivity index (χ0n) is 22.7. The molecule has 0 atom stereocenters. The molecule has 3 aromatic rings. The number of hydrogen-bond donors (Lipinski definition) is 1. The van der Waals surface area contributed by atoms with Crippen molar-refractivity contribution in [3.63, 3.8) is 0 Å². The van der Waals surface area contributed by atoms with Gasteiger partial charge in [-0.1, -0.05) is 43.7 Å². The Morgan fingerprint density at radius 2 is 1.76 bits per heavy atom. The number of esters is 1. The van der Waals surface area contributed by atoms with Crippen LogP contribution in [-0.4, -0.2) is 38.6 Å². The molecule has 3 rings (SSSR count). The van der Waals surface area contributed by atoms with E-state index in [0.717, 1.165) is 46.6 Å². The van der Waals surface area contributed by atoms with Crippen LogP contribution in [-0.2, 0) is 16.1 Å². The maximum atomic E-state index is 12.5. The van der Waals surface area contributed by atoms with Gasteiger partial charge in [-0.3, -0.25) is 4.79 Å². The van der Waals surface area contributed by atoms with Crippen LogP contribution in [0.5, 0.6) is 11.5 Å². The quantitative estimate of drug-likeness (QED) is 0.115. The first-order chi connectivity index (χ1) is 18.4. The molecule has 38 heavy (non-hydrogen) atoms. The van der Waals surface area contributed by atoms with Crippen molar-refractivity contribution in [1.82, 2.24) is 5.32 Å². The fourth-order valence-corrected chi connectivity index (χ4v) is 3.92. The lowest BCUT2D eigenvalue weighted by molar-refractivity contribution is -0.138. The molecule has 0 saturated carbocycles. The number of ether oxygens (including phenoxy) is 3. The summed E-state index contributed by atoms with van der Waals surface area (Å²) in [6.07, 6.45) is 3.80. The summed E-state index contributed by atoms with van der Waals surface area (Å²) >= 11 is 0. The summed E-state index contributed by atoms with van der Waals surface area (Å²) in [4.78, 5) is 24.6. The lowest BCUT2D eigenvalue weighted by atomic mass is 9.99. The average molecular weight is 516 g/mol. The van der Waals surface area contributed by atoms with Crippen molar-refractivity contribution in [2.24, 2.45) is 0 Å². The molecule has 6 nitrogen and oxygen atoms in total. The Bertz CT molecular complexity index is 1250. The zero-order valence-corrected chi connectivity index (χ0v) is 22.7. The van der Waals surface area contributed by atoms with Gasteiger partial charge in [0.25, 0.3) is 0 Å². The molecule has 200 valence electrons. The molecule has 0 saturated heterocycles. The van der Waals surface area contributed by atoms with E-state index in [4.69, 9.17) is 14.2 Å². The molecule has 6 heteroatoms. The maximum Gasteiger partial charge on any atom is 0.333 e. The van der Waals surface area contributed by atoms with Gasteiger partial charge in [-0.2, -0.15) is 0 Å². The molecule has 0 fully saturated rings. The Kier molecular flexibility index (Phi) is 11.1. The predicted octanol–water partition coefficient (Wildman–Crippen LogP) is 6.48. The maximum absolute atomic E-state index is 12.5. The molecule has 0 aliphatic rings. The van der Waals surface area contributed by atoms with E-state index in [-0.39, 0.29) is 18.3 Å². The second-order valence-corrected chi connectivity index (χ2v) is 8.96. The van der Waals surface area contributed by atoms with Crippen LogP contribution >= 0.6 is 0 Å². The molecular weight excluding hydrogens is 478 g/mol. The number of rotatable bonds is 14. The number of methoxy groups -OCH3 is 1.